The van der Waals surface area contributed by atoms with Gasteiger partial charge in [0.25, 0.3) is 5.91 Å². The number of anilines is 1. The van der Waals surface area contributed by atoms with E-state index >= 15 is 0 Å². The Bertz CT molecular complexity index is 1150. The van der Waals surface area contributed by atoms with E-state index in [9.17, 15) is 14.4 Å². The molecule has 1 aromatic heterocycles. The van der Waals surface area contributed by atoms with Gasteiger partial charge in [0.1, 0.15) is 11.3 Å². The van der Waals surface area contributed by atoms with E-state index in [0.29, 0.717) is 21.8 Å². The van der Waals surface area contributed by atoms with Crippen LogP contribution >= 0.6 is 11.6 Å². The number of esters is 1. The lowest BCUT2D eigenvalue weighted by Crippen LogP contribution is -2.30. The van der Waals surface area contributed by atoms with E-state index in [0.717, 1.165) is 11.6 Å². The highest BCUT2D eigenvalue weighted by molar-refractivity contribution is 6.31. The molecular formula is C21H18ClNO6. The topological polar surface area (TPSA) is 94.8 Å². The number of amides is 1. The van der Waals surface area contributed by atoms with Crippen LogP contribution in [0.1, 0.15) is 23.0 Å². The zero-order valence-electron chi connectivity index (χ0n) is 15.9. The molecule has 0 fully saturated rings. The number of benzene rings is 2. The molecule has 0 spiro atoms. The lowest BCUT2D eigenvalue weighted by atomic mass is 10.1. The largest absolute Gasteiger partial charge is 0.495 e. The summed E-state index contributed by atoms with van der Waals surface area (Å²) in [7, 11) is 1.45. The summed E-state index contributed by atoms with van der Waals surface area (Å²) in [6, 6.07) is 10.8. The Morgan fingerprint density at radius 2 is 1.90 bits per heavy atom. The van der Waals surface area contributed by atoms with E-state index in [-0.39, 0.29) is 16.8 Å². The Kier molecular flexibility index (Phi) is 5.89. The van der Waals surface area contributed by atoms with Crippen LogP contribution in [0.2, 0.25) is 5.02 Å². The first kappa shape index (κ1) is 20.4. The van der Waals surface area contributed by atoms with Crippen molar-refractivity contribution in [1.29, 1.82) is 0 Å². The molecule has 0 bridgehead atoms. The van der Waals surface area contributed by atoms with Gasteiger partial charge in [0.15, 0.2) is 11.5 Å². The molecule has 0 saturated carbocycles. The maximum absolute atomic E-state index is 12.4. The molecule has 1 atom stereocenters. The van der Waals surface area contributed by atoms with Crippen molar-refractivity contribution in [1.82, 2.24) is 0 Å². The Morgan fingerprint density at radius 3 is 2.62 bits per heavy atom. The maximum atomic E-state index is 12.4. The molecule has 1 amide bonds. The number of fused-ring (bicyclic) bond motifs is 1. The highest BCUT2D eigenvalue weighted by Gasteiger charge is 2.22. The predicted octanol–water partition coefficient (Wildman–Crippen LogP) is 3.95. The number of halogens is 1. The second-order valence-electron chi connectivity index (χ2n) is 6.36. The van der Waals surface area contributed by atoms with Gasteiger partial charge in [-0.2, -0.15) is 0 Å². The number of aryl methyl sites for hydroxylation is 1. The number of carbonyl (C=O) groups is 2. The van der Waals surface area contributed by atoms with Crippen LogP contribution in [-0.4, -0.2) is 25.1 Å². The highest BCUT2D eigenvalue weighted by atomic mass is 35.5. The van der Waals surface area contributed by atoms with Crippen LogP contribution in [0.5, 0.6) is 5.75 Å². The van der Waals surface area contributed by atoms with Crippen LogP contribution in [-0.2, 0) is 9.53 Å². The van der Waals surface area contributed by atoms with Gasteiger partial charge in [0, 0.05) is 11.1 Å². The van der Waals surface area contributed by atoms with E-state index in [1.807, 2.05) is 6.92 Å². The molecule has 3 rings (SSSR count). The number of rotatable bonds is 5. The van der Waals surface area contributed by atoms with Crippen LogP contribution in [0.15, 0.2) is 51.7 Å². The van der Waals surface area contributed by atoms with Crippen molar-refractivity contribution >= 4 is 40.1 Å². The van der Waals surface area contributed by atoms with Crippen LogP contribution in [0.25, 0.3) is 11.0 Å². The van der Waals surface area contributed by atoms with Crippen molar-refractivity contribution in [3.63, 3.8) is 0 Å². The van der Waals surface area contributed by atoms with Crippen LogP contribution < -0.4 is 15.5 Å². The lowest BCUT2D eigenvalue weighted by Gasteiger charge is -2.15. The Balaban J connectivity index is 1.76. The fourth-order valence-corrected chi connectivity index (χ4v) is 2.83. The predicted molar refractivity (Wildman–Crippen MR) is 109 cm³/mol. The Hall–Kier alpha value is -3.32. The lowest BCUT2D eigenvalue weighted by molar-refractivity contribution is -0.123. The molecule has 1 heterocycles. The summed E-state index contributed by atoms with van der Waals surface area (Å²) < 4.78 is 15.8. The average Bonchev–Trinajstić information content (AvgIpc) is 2.68. The quantitative estimate of drug-likeness (QED) is 0.634. The second-order valence-corrected chi connectivity index (χ2v) is 6.79. The van der Waals surface area contributed by atoms with Gasteiger partial charge in [-0.15, -0.1) is 0 Å². The highest BCUT2D eigenvalue weighted by Crippen LogP contribution is 2.28. The molecule has 150 valence electrons. The van der Waals surface area contributed by atoms with Crippen molar-refractivity contribution in [2.75, 3.05) is 12.4 Å². The van der Waals surface area contributed by atoms with Crippen molar-refractivity contribution in [3.8, 4) is 5.75 Å². The SMILES string of the molecule is COc1ccc(Cl)cc1NC(=O)[C@@H](C)OC(=O)c1cc(=O)c2cc(C)ccc2o1. The average molecular weight is 416 g/mol. The van der Waals surface area contributed by atoms with Gasteiger partial charge in [-0.3, -0.25) is 9.59 Å². The summed E-state index contributed by atoms with van der Waals surface area (Å²) in [5.74, 6) is -1.41. The number of nitrogens with one attached hydrogen (secondary N) is 1. The molecule has 7 nitrogen and oxygen atoms in total. The molecule has 0 aliphatic carbocycles. The molecule has 0 radical (unpaired) electrons. The van der Waals surface area contributed by atoms with Gasteiger partial charge in [-0.25, -0.2) is 4.79 Å². The number of carbonyl (C=O) groups excluding carboxylic acids is 2. The van der Waals surface area contributed by atoms with E-state index in [1.54, 1.807) is 30.3 Å². The van der Waals surface area contributed by atoms with Crippen molar-refractivity contribution in [2.45, 2.75) is 20.0 Å². The zero-order chi connectivity index (χ0) is 21.1. The van der Waals surface area contributed by atoms with Crippen LogP contribution in [0.3, 0.4) is 0 Å². The number of ether oxygens (including phenoxy) is 2. The third-order valence-corrected chi connectivity index (χ3v) is 4.39. The van der Waals surface area contributed by atoms with Gasteiger partial charge in [0.05, 0.1) is 18.2 Å². The fraction of sp³-hybridized carbons (Fsp3) is 0.190. The minimum Gasteiger partial charge on any atom is -0.495 e. The maximum Gasteiger partial charge on any atom is 0.375 e. The first-order chi connectivity index (χ1) is 13.8. The van der Waals surface area contributed by atoms with E-state index in [2.05, 4.69) is 5.32 Å². The Morgan fingerprint density at radius 1 is 1.14 bits per heavy atom. The van der Waals surface area contributed by atoms with Gasteiger partial charge in [-0.05, 0) is 44.2 Å². The molecular weight excluding hydrogens is 398 g/mol. The first-order valence-corrected chi connectivity index (χ1v) is 9.06. The molecule has 1 N–H and O–H groups in total. The van der Waals surface area contributed by atoms with Crippen molar-refractivity contribution in [2.24, 2.45) is 0 Å². The van der Waals surface area contributed by atoms with E-state index in [1.165, 1.54) is 20.1 Å². The molecule has 0 aliphatic heterocycles. The molecule has 2 aromatic carbocycles. The van der Waals surface area contributed by atoms with Gasteiger partial charge >= 0.3 is 5.97 Å². The van der Waals surface area contributed by atoms with Crippen molar-refractivity contribution < 1.29 is 23.5 Å². The fourth-order valence-electron chi connectivity index (χ4n) is 2.66. The normalized spacial score (nSPS) is 11.7. The first-order valence-electron chi connectivity index (χ1n) is 8.68. The molecule has 3 aromatic rings. The minimum absolute atomic E-state index is 0.260. The second kappa shape index (κ2) is 8.36. The van der Waals surface area contributed by atoms with E-state index < -0.39 is 18.0 Å². The third kappa shape index (κ3) is 4.57. The molecule has 8 heteroatoms. The number of hydrogen-bond acceptors (Lipinski definition) is 6. The smallest absolute Gasteiger partial charge is 0.375 e. The van der Waals surface area contributed by atoms with E-state index in [4.69, 9.17) is 25.5 Å². The standard InChI is InChI=1S/C21H18ClNO6/c1-11-4-6-17-14(8-11)16(24)10-19(29-17)21(26)28-12(2)20(25)23-15-9-13(22)5-7-18(15)27-3/h4-10,12H,1-3H3,(H,23,25)/t12-/m1/s1. The van der Waals surface area contributed by atoms with Gasteiger partial charge < -0.3 is 19.2 Å². The summed E-state index contributed by atoms with van der Waals surface area (Å²) in [6.45, 7) is 3.24. The monoisotopic (exact) mass is 415 g/mol. The number of hydrogen-bond donors (Lipinski definition) is 1. The molecule has 0 aliphatic rings. The summed E-state index contributed by atoms with van der Waals surface area (Å²) in [5, 5.41) is 3.35. The summed E-state index contributed by atoms with van der Waals surface area (Å²) in [6.07, 6.45) is -1.16. The Labute approximate surface area is 171 Å². The molecule has 0 unspecified atom stereocenters. The van der Waals surface area contributed by atoms with Crippen LogP contribution in [0, 0.1) is 6.92 Å². The third-order valence-electron chi connectivity index (χ3n) is 4.16. The summed E-state index contributed by atoms with van der Waals surface area (Å²) in [4.78, 5) is 37.0. The number of methoxy groups -OCH3 is 1. The van der Waals surface area contributed by atoms with Gasteiger partial charge in [-0.1, -0.05) is 23.2 Å². The zero-order valence-corrected chi connectivity index (χ0v) is 16.7. The summed E-state index contributed by atoms with van der Waals surface area (Å²) >= 11 is 5.94. The van der Waals surface area contributed by atoms with Crippen LogP contribution in [0.4, 0.5) is 5.69 Å². The molecule has 0 saturated heterocycles. The van der Waals surface area contributed by atoms with Crippen molar-refractivity contribution in [3.05, 3.63) is 69.0 Å². The summed E-state index contributed by atoms with van der Waals surface area (Å²) in [5.41, 5.74) is 1.11. The molecule has 29 heavy (non-hydrogen) atoms. The van der Waals surface area contributed by atoms with Gasteiger partial charge in [0.2, 0.25) is 5.76 Å². The minimum atomic E-state index is -1.16.